The number of benzene rings is 2. The lowest BCUT2D eigenvalue weighted by molar-refractivity contribution is -0.131. The molecule has 0 radical (unpaired) electrons. The molecule has 31 heavy (non-hydrogen) atoms. The molecule has 156 valence electrons. The summed E-state index contributed by atoms with van der Waals surface area (Å²) in [7, 11) is 0. The van der Waals surface area contributed by atoms with Gasteiger partial charge in [-0.05, 0) is 17.7 Å². The van der Waals surface area contributed by atoms with Crippen molar-refractivity contribution in [2.75, 3.05) is 31.1 Å². The van der Waals surface area contributed by atoms with Gasteiger partial charge in [-0.1, -0.05) is 48.5 Å². The van der Waals surface area contributed by atoms with E-state index in [2.05, 4.69) is 45.3 Å². The third kappa shape index (κ3) is 4.01. The second-order valence-electron chi connectivity index (χ2n) is 7.80. The van der Waals surface area contributed by atoms with Crippen molar-refractivity contribution in [1.29, 1.82) is 0 Å². The molecule has 3 heterocycles. The Bertz CT molecular complexity index is 1180. The average Bonchev–Trinajstić information content (AvgIpc) is 3.26. The molecule has 0 N–H and O–H groups in total. The zero-order chi connectivity index (χ0) is 21.0. The second kappa shape index (κ2) is 8.60. The molecule has 0 unspecified atom stereocenters. The van der Waals surface area contributed by atoms with E-state index in [0.717, 1.165) is 42.8 Å². The first-order valence-electron chi connectivity index (χ1n) is 10.7. The molecule has 0 spiro atoms. The van der Waals surface area contributed by atoms with Crippen LogP contribution in [-0.2, 0) is 11.3 Å². The van der Waals surface area contributed by atoms with Crippen molar-refractivity contribution in [3.8, 4) is 11.1 Å². The van der Waals surface area contributed by atoms with Gasteiger partial charge in [-0.25, -0.2) is 0 Å². The summed E-state index contributed by atoms with van der Waals surface area (Å²) >= 11 is 0. The van der Waals surface area contributed by atoms with E-state index in [0.29, 0.717) is 13.0 Å². The van der Waals surface area contributed by atoms with Gasteiger partial charge in [0.2, 0.25) is 5.91 Å². The molecule has 0 bridgehead atoms. The number of carbonyl (C=O) groups is 1. The molecule has 1 saturated heterocycles. The summed E-state index contributed by atoms with van der Waals surface area (Å²) in [4.78, 5) is 21.5. The minimum absolute atomic E-state index is 0.189. The van der Waals surface area contributed by atoms with Gasteiger partial charge in [-0.3, -0.25) is 14.5 Å². The van der Waals surface area contributed by atoms with E-state index in [1.165, 1.54) is 11.1 Å². The molecule has 5 rings (SSSR count). The Kier molecular flexibility index (Phi) is 5.35. The Balaban J connectivity index is 1.21. The molecule has 4 aromatic rings. The summed E-state index contributed by atoms with van der Waals surface area (Å²) in [5, 5.41) is 5.54. The largest absolute Gasteiger partial charge is 0.366 e. The lowest BCUT2D eigenvalue weighted by Gasteiger charge is -2.37. The van der Waals surface area contributed by atoms with Crippen LogP contribution in [0.2, 0.25) is 0 Å². The van der Waals surface area contributed by atoms with E-state index in [1.54, 1.807) is 0 Å². The third-order valence-corrected chi connectivity index (χ3v) is 5.95. The van der Waals surface area contributed by atoms with Gasteiger partial charge in [0.1, 0.15) is 0 Å². The van der Waals surface area contributed by atoms with Gasteiger partial charge in [-0.15, -0.1) is 0 Å². The Hall–Kier alpha value is -3.67. The first kappa shape index (κ1) is 19.3. The lowest BCUT2D eigenvalue weighted by atomic mass is 10.0. The molecule has 0 saturated carbocycles. The van der Waals surface area contributed by atoms with E-state index >= 15 is 0 Å². The van der Waals surface area contributed by atoms with Crippen LogP contribution >= 0.6 is 0 Å². The Morgan fingerprint density at radius 2 is 1.65 bits per heavy atom. The summed E-state index contributed by atoms with van der Waals surface area (Å²) in [6, 6.07) is 20.5. The number of hydrogen-bond acceptors (Lipinski definition) is 4. The van der Waals surface area contributed by atoms with Crippen molar-refractivity contribution in [3.63, 3.8) is 0 Å². The van der Waals surface area contributed by atoms with E-state index in [9.17, 15) is 4.79 Å². The van der Waals surface area contributed by atoms with Crippen LogP contribution in [-0.4, -0.2) is 51.8 Å². The highest BCUT2D eigenvalue weighted by Gasteiger charge is 2.23. The SMILES string of the molecule is O=C(CCn1ncc2ccccc21)N1CCN(c2cnccc2-c2ccccc2)CC1. The average molecular weight is 412 g/mol. The summed E-state index contributed by atoms with van der Waals surface area (Å²) in [6.07, 6.45) is 6.10. The normalized spacial score (nSPS) is 14.2. The third-order valence-electron chi connectivity index (χ3n) is 5.95. The quantitative estimate of drug-likeness (QED) is 0.501. The molecular weight excluding hydrogens is 386 g/mol. The molecule has 2 aromatic carbocycles. The molecule has 1 aliphatic rings. The van der Waals surface area contributed by atoms with Crippen LogP contribution in [0, 0.1) is 0 Å². The molecule has 1 aliphatic heterocycles. The van der Waals surface area contributed by atoms with Gasteiger partial charge >= 0.3 is 0 Å². The number of nitrogens with zero attached hydrogens (tertiary/aromatic N) is 5. The standard InChI is InChI=1S/C25H25N5O/c31-25(11-13-30-23-9-5-4-8-21(23)18-27-30)29-16-14-28(15-17-29)24-19-26-12-10-22(24)20-6-2-1-3-7-20/h1-10,12,18-19H,11,13-17H2. The van der Waals surface area contributed by atoms with Gasteiger partial charge < -0.3 is 9.80 Å². The summed E-state index contributed by atoms with van der Waals surface area (Å²) < 4.78 is 1.92. The topological polar surface area (TPSA) is 54.3 Å². The summed E-state index contributed by atoms with van der Waals surface area (Å²) in [5.74, 6) is 0.189. The highest BCUT2D eigenvalue weighted by Crippen LogP contribution is 2.30. The minimum Gasteiger partial charge on any atom is -0.366 e. The second-order valence-corrected chi connectivity index (χ2v) is 7.80. The molecular formula is C25H25N5O. The van der Waals surface area contributed by atoms with Crippen molar-refractivity contribution in [1.82, 2.24) is 19.7 Å². The Morgan fingerprint density at radius 1 is 0.871 bits per heavy atom. The van der Waals surface area contributed by atoms with Crippen molar-refractivity contribution < 1.29 is 4.79 Å². The first-order chi connectivity index (χ1) is 15.3. The number of pyridine rings is 1. The fourth-order valence-corrected chi connectivity index (χ4v) is 4.26. The van der Waals surface area contributed by atoms with Crippen LogP contribution in [0.4, 0.5) is 5.69 Å². The predicted octanol–water partition coefficient (Wildman–Crippen LogP) is 3.84. The maximum Gasteiger partial charge on any atom is 0.224 e. The number of anilines is 1. The molecule has 1 fully saturated rings. The molecule has 0 aliphatic carbocycles. The highest BCUT2D eigenvalue weighted by molar-refractivity contribution is 5.80. The molecule has 0 atom stereocenters. The number of aryl methyl sites for hydroxylation is 1. The number of fused-ring (bicyclic) bond motifs is 1. The maximum absolute atomic E-state index is 12.8. The van der Waals surface area contributed by atoms with Crippen LogP contribution in [0.5, 0.6) is 0 Å². The molecule has 6 heteroatoms. The Morgan fingerprint density at radius 3 is 2.48 bits per heavy atom. The number of carbonyl (C=O) groups excluding carboxylic acids is 1. The zero-order valence-electron chi connectivity index (χ0n) is 17.4. The lowest BCUT2D eigenvalue weighted by Crippen LogP contribution is -2.49. The van der Waals surface area contributed by atoms with Gasteiger partial charge in [-0.2, -0.15) is 5.10 Å². The van der Waals surface area contributed by atoms with E-state index in [4.69, 9.17) is 0 Å². The van der Waals surface area contributed by atoms with Crippen molar-refractivity contribution in [2.24, 2.45) is 0 Å². The fraction of sp³-hybridized carbons (Fsp3) is 0.240. The maximum atomic E-state index is 12.8. The van der Waals surface area contributed by atoms with E-state index < -0.39 is 0 Å². The van der Waals surface area contributed by atoms with Crippen LogP contribution in [0.25, 0.3) is 22.0 Å². The first-order valence-corrected chi connectivity index (χ1v) is 10.7. The van der Waals surface area contributed by atoms with Crippen molar-refractivity contribution in [3.05, 3.63) is 79.3 Å². The van der Waals surface area contributed by atoms with Gasteiger partial charge in [0.05, 0.1) is 30.1 Å². The highest BCUT2D eigenvalue weighted by atomic mass is 16.2. The number of para-hydroxylation sites is 1. The minimum atomic E-state index is 0.189. The molecule has 6 nitrogen and oxygen atoms in total. The fourth-order valence-electron chi connectivity index (χ4n) is 4.26. The van der Waals surface area contributed by atoms with E-state index in [1.807, 2.05) is 58.5 Å². The number of aromatic nitrogens is 3. The van der Waals surface area contributed by atoms with Gasteiger partial charge in [0.15, 0.2) is 0 Å². The van der Waals surface area contributed by atoms with Crippen LogP contribution in [0.15, 0.2) is 79.3 Å². The molecule has 2 aromatic heterocycles. The smallest absolute Gasteiger partial charge is 0.224 e. The van der Waals surface area contributed by atoms with Gasteiger partial charge in [0.25, 0.3) is 0 Å². The van der Waals surface area contributed by atoms with Crippen LogP contribution in [0.3, 0.4) is 0 Å². The predicted molar refractivity (Wildman–Crippen MR) is 123 cm³/mol. The number of piperazine rings is 1. The van der Waals surface area contributed by atoms with E-state index in [-0.39, 0.29) is 5.91 Å². The monoisotopic (exact) mass is 411 g/mol. The van der Waals surface area contributed by atoms with Crippen molar-refractivity contribution >= 4 is 22.5 Å². The summed E-state index contributed by atoms with van der Waals surface area (Å²) in [5.41, 5.74) is 4.57. The Labute approximate surface area is 181 Å². The zero-order valence-corrected chi connectivity index (χ0v) is 17.4. The number of hydrogen-bond donors (Lipinski definition) is 0. The summed E-state index contributed by atoms with van der Waals surface area (Å²) in [6.45, 7) is 3.67. The number of rotatable bonds is 5. The van der Waals surface area contributed by atoms with Crippen molar-refractivity contribution in [2.45, 2.75) is 13.0 Å². The van der Waals surface area contributed by atoms with Crippen LogP contribution < -0.4 is 4.90 Å². The number of amides is 1. The van der Waals surface area contributed by atoms with Crippen LogP contribution in [0.1, 0.15) is 6.42 Å². The molecule has 1 amide bonds. The van der Waals surface area contributed by atoms with Gasteiger partial charge in [0, 0.05) is 49.7 Å².